The number of ether oxygens (including phenoxy) is 3. The quantitative estimate of drug-likeness (QED) is 0.322. The Morgan fingerprint density at radius 1 is 1.15 bits per heavy atom. The molecule has 41 heavy (non-hydrogen) atoms. The van der Waals surface area contributed by atoms with Crippen LogP contribution < -0.4 is 10.1 Å². The van der Waals surface area contributed by atoms with Gasteiger partial charge in [0.25, 0.3) is 0 Å². The highest BCUT2D eigenvalue weighted by molar-refractivity contribution is 7.89. The summed E-state index contributed by atoms with van der Waals surface area (Å²) in [6.07, 6.45) is -0.745. The number of hydrogen-bond donors (Lipinski definition) is 2. The second kappa shape index (κ2) is 14.8. The molecule has 0 aromatic heterocycles. The smallest absolute Gasteiger partial charge is 0.407 e. The first-order chi connectivity index (χ1) is 19.4. The third-order valence-electron chi connectivity index (χ3n) is 7.07. The van der Waals surface area contributed by atoms with Crippen LogP contribution >= 0.6 is 0 Å². The van der Waals surface area contributed by atoms with Gasteiger partial charge in [0.2, 0.25) is 10.0 Å². The lowest BCUT2D eigenvalue weighted by molar-refractivity contribution is -0.117. The monoisotopic (exact) mass is 590 g/mol. The van der Waals surface area contributed by atoms with Gasteiger partial charge in [-0.05, 0) is 55.0 Å². The predicted molar refractivity (Wildman–Crippen MR) is 154 cm³/mol. The Hall–Kier alpha value is -2.99. The lowest BCUT2D eigenvalue weighted by atomic mass is 9.87. The van der Waals surface area contributed by atoms with Crippen molar-refractivity contribution >= 4 is 21.9 Å². The van der Waals surface area contributed by atoms with E-state index in [9.17, 15) is 23.1 Å². The number of carbonyl (C=O) groups excluding carboxylic acids is 2. The fourth-order valence-electron chi connectivity index (χ4n) is 4.65. The van der Waals surface area contributed by atoms with Gasteiger partial charge in [-0.25, -0.2) is 13.2 Å². The second-order valence-corrected chi connectivity index (χ2v) is 13.2. The van der Waals surface area contributed by atoms with Crippen molar-refractivity contribution in [1.29, 1.82) is 0 Å². The molecule has 1 saturated heterocycles. The molecule has 2 aromatic rings. The Kier molecular flexibility index (Phi) is 11.7. The largest absolute Gasteiger partial charge is 0.497 e. The highest BCUT2D eigenvalue weighted by Gasteiger charge is 2.35. The van der Waals surface area contributed by atoms with Crippen LogP contribution in [0.5, 0.6) is 5.75 Å². The molecule has 0 unspecified atom stereocenters. The van der Waals surface area contributed by atoms with Crippen molar-refractivity contribution in [2.45, 2.75) is 69.6 Å². The van der Waals surface area contributed by atoms with Crippen molar-refractivity contribution in [2.24, 2.45) is 5.41 Å². The number of ketones is 1. The van der Waals surface area contributed by atoms with Crippen molar-refractivity contribution < 1.29 is 37.3 Å². The molecular weight excluding hydrogens is 548 g/mol. The molecular formula is C30H42N2O8S. The SMILES string of the molecule is COc1ccc(S(=O)(=O)N(C[C@@H](O)[C@H](Cc2ccccc2)NC(=O)O[C@H]2CCOC2)CC(C)(C)CCC(C)=O)cc1. The number of nitrogens with zero attached hydrogens (tertiary/aromatic N) is 1. The summed E-state index contributed by atoms with van der Waals surface area (Å²) in [7, 11) is -2.58. The molecule has 226 valence electrons. The minimum absolute atomic E-state index is 0.0148. The van der Waals surface area contributed by atoms with E-state index in [2.05, 4.69) is 5.32 Å². The van der Waals surface area contributed by atoms with Crippen LogP contribution in [0.25, 0.3) is 0 Å². The molecule has 1 amide bonds. The molecule has 2 N–H and O–H groups in total. The zero-order chi connectivity index (χ0) is 30.0. The number of sulfonamides is 1. The maximum atomic E-state index is 13.9. The van der Waals surface area contributed by atoms with Crippen LogP contribution in [0, 0.1) is 5.41 Å². The van der Waals surface area contributed by atoms with Gasteiger partial charge in [0.15, 0.2) is 0 Å². The molecule has 1 aliphatic heterocycles. The molecule has 11 heteroatoms. The van der Waals surface area contributed by atoms with E-state index in [1.807, 2.05) is 44.2 Å². The van der Waals surface area contributed by atoms with Gasteiger partial charge in [-0.1, -0.05) is 44.2 Å². The van der Waals surface area contributed by atoms with Crippen LogP contribution in [0.2, 0.25) is 0 Å². The summed E-state index contributed by atoms with van der Waals surface area (Å²) in [6.45, 7) is 5.85. The third kappa shape index (κ3) is 10.1. The Balaban J connectivity index is 1.88. The summed E-state index contributed by atoms with van der Waals surface area (Å²) >= 11 is 0. The number of nitrogens with one attached hydrogen (secondary N) is 1. The molecule has 3 atom stereocenters. The molecule has 0 spiro atoms. The van der Waals surface area contributed by atoms with Crippen LogP contribution in [0.15, 0.2) is 59.5 Å². The van der Waals surface area contributed by atoms with E-state index in [4.69, 9.17) is 14.2 Å². The van der Waals surface area contributed by atoms with Gasteiger partial charge in [0, 0.05) is 25.9 Å². The number of aliphatic hydroxyl groups excluding tert-OH is 1. The number of methoxy groups -OCH3 is 1. The van der Waals surface area contributed by atoms with E-state index in [1.54, 1.807) is 12.1 Å². The molecule has 10 nitrogen and oxygen atoms in total. The van der Waals surface area contributed by atoms with E-state index >= 15 is 0 Å². The predicted octanol–water partition coefficient (Wildman–Crippen LogP) is 3.57. The fraction of sp³-hybridized carbons (Fsp3) is 0.533. The van der Waals surface area contributed by atoms with Crippen molar-refractivity contribution in [3.63, 3.8) is 0 Å². The summed E-state index contributed by atoms with van der Waals surface area (Å²) in [5.41, 5.74) is 0.279. The summed E-state index contributed by atoms with van der Waals surface area (Å²) < 4.78 is 44.9. The number of aliphatic hydroxyl groups is 1. The summed E-state index contributed by atoms with van der Waals surface area (Å²) in [6, 6.07) is 14.5. The second-order valence-electron chi connectivity index (χ2n) is 11.2. The number of hydrogen-bond acceptors (Lipinski definition) is 8. The van der Waals surface area contributed by atoms with Crippen molar-refractivity contribution in [3.05, 3.63) is 60.2 Å². The zero-order valence-corrected chi connectivity index (χ0v) is 25.1. The maximum Gasteiger partial charge on any atom is 0.407 e. The molecule has 1 fully saturated rings. The van der Waals surface area contributed by atoms with Crippen LogP contribution in [0.4, 0.5) is 4.79 Å². The Labute approximate surface area is 243 Å². The van der Waals surface area contributed by atoms with Gasteiger partial charge < -0.3 is 29.4 Å². The number of amides is 1. The lowest BCUT2D eigenvalue weighted by Crippen LogP contribution is -2.52. The molecule has 0 saturated carbocycles. The van der Waals surface area contributed by atoms with Gasteiger partial charge in [0.05, 0.1) is 37.4 Å². The van der Waals surface area contributed by atoms with E-state index in [0.717, 1.165) is 5.56 Å². The Bertz CT molecular complexity index is 1230. The maximum absolute atomic E-state index is 13.9. The lowest BCUT2D eigenvalue weighted by Gasteiger charge is -2.35. The van der Waals surface area contributed by atoms with Crippen LogP contribution in [0.3, 0.4) is 0 Å². The molecule has 0 aliphatic carbocycles. The first kappa shape index (κ1) is 32.5. The molecule has 2 aromatic carbocycles. The number of rotatable bonds is 15. The summed E-state index contributed by atoms with van der Waals surface area (Å²) in [5, 5.41) is 14.2. The average molecular weight is 591 g/mol. The number of Topliss-reactive ketones (excluding diaryl/α,β-unsaturated/α-hetero) is 1. The topological polar surface area (TPSA) is 131 Å². The van der Waals surface area contributed by atoms with Crippen LogP contribution in [0.1, 0.15) is 45.6 Å². The molecule has 1 aliphatic rings. The third-order valence-corrected chi connectivity index (χ3v) is 8.90. The molecule has 0 radical (unpaired) electrons. The Morgan fingerprint density at radius 3 is 2.41 bits per heavy atom. The Morgan fingerprint density at radius 2 is 1.83 bits per heavy atom. The average Bonchev–Trinajstić information content (AvgIpc) is 3.44. The van der Waals surface area contributed by atoms with E-state index < -0.39 is 33.7 Å². The number of carbonyl (C=O) groups is 2. The minimum Gasteiger partial charge on any atom is -0.497 e. The molecule has 3 rings (SSSR count). The standard InChI is InChI=1S/C30H42N2O8S/c1-22(33)14-16-30(2,3)21-32(41(36,37)26-12-10-24(38-4)11-13-26)19-28(34)27(18-23-8-6-5-7-9-23)31-29(35)40-25-15-17-39-20-25/h5-13,25,27-28,34H,14-21H2,1-4H3,(H,31,35)/t25-,27-,28+/m0/s1. The first-order valence-electron chi connectivity index (χ1n) is 13.8. The first-order valence-corrected chi connectivity index (χ1v) is 15.2. The van der Waals surface area contributed by atoms with Gasteiger partial charge >= 0.3 is 6.09 Å². The van der Waals surface area contributed by atoms with Crippen molar-refractivity contribution in [3.8, 4) is 5.75 Å². The van der Waals surface area contributed by atoms with E-state index in [-0.39, 0.29) is 36.3 Å². The van der Waals surface area contributed by atoms with Gasteiger partial charge in [-0.3, -0.25) is 0 Å². The van der Waals surface area contributed by atoms with Gasteiger partial charge in [-0.15, -0.1) is 0 Å². The van der Waals surface area contributed by atoms with Gasteiger partial charge in [0.1, 0.15) is 17.6 Å². The highest BCUT2D eigenvalue weighted by Crippen LogP contribution is 2.29. The fourth-order valence-corrected chi connectivity index (χ4v) is 6.29. The molecule has 1 heterocycles. The van der Waals surface area contributed by atoms with Crippen LogP contribution in [-0.2, 0) is 30.7 Å². The summed E-state index contributed by atoms with van der Waals surface area (Å²) in [5.74, 6) is 0.525. The minimum atomic E-state index is -4.07. The number of alkyl carbamates (subject to hydrolysis) is 1. The van der Waals surface area contributed by atoms with E-state index in [0.29, 0.717) is 38.2 Å². The van der Waals surface area contributed by atoms with Crippen molar-refractivity contribution in [1.82, 2.24) is 9.62 Å². The number of benzene rings is 2. The van der Waals surface area contributed by atoms with Crippen molar-refractivity contribution in [2.75, 3.05) is 33.4 Å². The van der Waals surface area contributed by atoms with Crippen LogP contribution in [-0.4, -0.2) is 81.4 Å². The van der Waals surface area contributed by atoms with Gasteiger partial charge in [-0.2, -0.15) is 4.31 Å². The highest BCUT2D eigenvalue weighted by atomic mass is 32.2. The molecule has 0 bridgehead atoms. The summed E-state index contributed by atoms with van der Waals surface area (Å²) in [4.78, 5) is 24.5. The van der Waals surface area contributed by atoms with E-state index in [1.165, 1.54) is 30.5 Å². The zero-order valence-electron chi connectivity index (χ0n) is 24.2. The normalized spacial score (nSPS) is 17.2.